The van der Waals surface area contributed by atoms with Crippen molar-refractivity contribution in [3.63, 3.8) is 0 Å². The molecular formula is C14H23NO3S. The summed E-state index contributed by atoms with van der Waals surface area (Å²) in [5.41, 5.74) is 0. The molecule has 1 heterocycles. The van der Waals surface area contributed by atoms with Gasteiger partial charge in [-0.2, -0.15) is 11.8 Å². The fourth-order valence-corrected chi connectivity index (χ4v) is 4.03. The molecular weight excluding hydrogens is 262 g/mol. The first-order valence-corrected chi connectivity index (χ1v) is 8.03. The average Bonchev–Trinajstić information content (AvgIpc) is 2.75. The standard InChI is InChI=1S/C14H23NO3S/c1-14(2)5-6-15(7-8-19-14)12(16)10-3-4-11(9-10)13(17)18/h10-11H,3-9H2,1-2H3,(H,17,18). The summed E-state index contributed by atoms with van der Waals surface area (Å²) in [6.07, 6.45) is 2.93. The van der Waals surface area contributed by atoms with Gasteiger partial charge < -0.3 is 10.0 Å². The zero-order chi connectivity index (χ0) is 14.0. The van der Waals surface area contributed by atoms with Crippen molar-refractivity contribution >= 4 is 23.6 Å². The molecule has 1 saturated heterocycles. The molecule has 1 N–H and O–H groups in total. The van der Waals surface area contributed by atoms with Gasteiger partial charge in [0.05, 0.1) is 5.92 Å². The van der Waals surface area contributed by atoms with Crippen LogP contribution in [-0.2, 0) is 9.59 Å². The minimum Gasteiger partial charge on any atom is -0.481 e. The fraction of sp³-hybridized carbons (Fsp3) is 0.857. The molecule has 0 aromatic rings. The topological polar surface area (TPSA) is 57.6 Å². The van der Waals surface area contributed by atoms with Crippen LogP contribution < -0.4 is 0 Å². The van der Waals surface area contributed by atoms with E-state index in [9.17, 15) is 9.59 Å². The number of hydrogen-bond acceptors (Lipinski definition) is 3. The Morgan fingerprint density at radius 3 is 2.53 bits per heavy atom. The number of hydrogen-bond donors (Lipinski definition) is 1. The molecule has 4 nitrogen and oxygen atoms in total. The smallest absolute Gasteiger partial charge is 0.306 e. The van der Waals surface area contributed by atoms with Crippen molar-refractivity contribution < 1.29 is 14.7 Å². The van der Waals surface area contributed by atoms with Crippen molar-refractivity contribution in [2.75, 3.05) is 18.8 Å². The highest BCUT2D eigenvalue weighted by Gasteiger charge is 2.36. The van der Waals surface area contributed by atoms with Gasteiger partial charge in [0.15, 0.2) is 0 Å². The average molecular weight is 285 g/mol. The Morgan fingerprint density at radius 2 is 1.89 bits per heavy atom. The van der Waals surface area contributed by atoms with Gasteiger partial charge in [0, 0.05) is 29.5 Å². The quantitative estimate of drug-likeness (QED) is 0.845. The molecule has 1 aliphatic carbocycles. The van der Waals surface area contributed by atoms with E-state index in [4.69, 9.17) is 5.11 Å². The number of amides is 1. The number of carbonyl (C=O) groups is 2. The van der Waals surface area contributed by atoms with E-state index in [0.29, 0.717) is 12.8 Å². The van der Waals surface area contributed by atoms with E-state index < -0.39 is 5.97 Å². The minimum atomic E-state index is -0.747. The van der Waals surface area contributed by atoms with Crippen LogP contribution in [0.5, 0.6) is 0 Å². The maximum absolute atomic E-state index is 12.5. The normalized spacial score (nSPS) is 30.9. The lowest BCUT2D eigenvalue weighted by molar-refractivity contribution is -0.141. The number of carboxylic acid groups (broad SMARTS) is 1. The second kappa shape index (κ2) is 5.73. The first-order chi connectivity index (χ1) is 8.89. The maximum atomic E-state index is 12.5. The molecule has 2 rings (SSSR count). The number of thioether (sulfide) groups is 1. The van der Waals surface area contributed by atoms with Crippen LogP contribution >= 0.6 is 11.8 Å². The highest BCUT2D eigenvalue weighted by atomic mass is 32.2. The molecule has 19 heavy (non-hydrogen) atoms. The Bertz CT molecular complexity index is 370. The predicted molar refractivity (Wildman–Crippen MR) is 76.2 cm³/mol. The number of rotatable bonds is 2. The van der Waals surface area contributed by atoms with E-state index in [1.165, 1.54) is 0 Å². The lowest BCUT2D eigenvalue weighted by Gasteiger charge is -2.25. The van der Waals surface area contributed by atoms with Gasteiger partial charge in [-0.05, 0) is 25.7 Å². The number of nitrogens with zero attached hydrogens (tertiary/aromatic N) is 1. The minimum absolute atomic E-state index is 0.0627. The Labute approximate surface area is 118 Å². The Balaban J connectivity index is 1.92. The fourth-order valence-electron chi connectivity index (χ4n) is 2.93. The van der Waals surface area contributed by atoms with Crippen LogP contribution in [0.1, 0.15) is 39.5 Å². The molecule has 2 aliphatic rings. The molecule has 108 valence electrons. The summed E-state index contributed by atoms with van der Waals surface area (Å²) in [4.78, 5) is 25.4. The van der Waals surface area contributed by atoms with Gasteiger partial charge in [-0.15, -0.1) is 0 Å². The van der Waals surface area contributed by atoms with Crippen LogP contribution in [0.25, 0.3) is 0 Å². The van der Waals surface area contributed by atoms with Gasteiger partial charge in [-0.1, -0.05) is 13.8 Å². The summed E-state index contributed by atoms with van der Waals surface area (Å²) in [5, 5.41) is 9.01. The molecule has 0 bridgehead atoms. The van der Waals surface area contributed by atoms with Crippen LogP contribution in [0, 0.1) is 11.8 Å². The molecule has 5 heteroatoms. The van der Waals surface area contributed by atoms with Crippen LogP contribution in [0.15, 0.2) is 0 Å². The van der Waals surface area contributed by atoms with E-state index in [1.54, 1.807) is 0 Å². The van der Waals surface area contributed by atoms with Crippen molar-refractivity contribution in [1.82, 2.24) is 4.90 Å². The highest BCUT2D eigenvalue weighted by molar-refractivity contribution is 8.00. The molecule has 2 atom stereocenters. The third-order valence-corrected chi connectivity index (χ3v) is 5.65. The monoisotopic (exact) mass is 285 g/mol. The van der Waals surface area contributed by atoms with Crippen LogP contribution in [0.2, 0.25) is 0 Å². The molecule has 0 aromatic carbocycles. The van der Waals surface area contributed by atoms with E-state index in [0.717, 1.165) is 31.7 Å². The van der Waals surface area contributed by atoms with Crippen molar-refractivity contribution in [3.05, 3.63) is 0 Å². The Morgan fingerprint density at radius 1 is 1.21 bits per heavy atom. The second-order valence-electron chi connectivity index (χ2n) is 6.23. The van der Waals surface area contributed by atoms with Crippen LogP contribution in [-0.4, -0.2) is 45.5 Å². The molecule has 1 aliphatic heterocycles. The van der Waals surface area contributed by atoms with Gasteiger partial charge >= 0.3 is 5.97 Å². The SMILES string of the molecule is CC1(C)CCN(C(=O)C2CCC(C(=O)O)C2)CCS1. The zero-order valence-corrected chi connectivity index (χ0v) is 12.5. The van der Waals surface area contributed by atoms with Crippen molar-refractivity contribution in [2.24, 2.45) is 11.8 Å². The molecule has 2 unspecified atom stereocenters. The van der Waals surface area contributed by atoms with E-state index >= 15 is 0 Å². The number of carboxylic acids is 1. The number of aliphatic carboxylic acids is 1. The molecule has 0 aromatic heterocycles. The lowest BCUT2D eigenvalue weighted by Crippen LogP contribution is -2.37. The van der Waals surface area contributed by atoms with E-state index in [-0.39, 0.29) is 22.5 Å². The highest BCUT2D eigenvalue weighted by Crippen LogP contribution is 2.35. The molecule has 0 radical (unpaired) electrons. The first kappa shape index (κ1) is 14.7. The number of carbonyl (C=O) groups excluding carboxylic acids is 1. The van der Waals surface area contributed by atoms with E-state index in [1.807, 2.05) is 16.7 Å². The van der Waals surface area contributed by atoms with Gasteiger partial charge in [-0.25, -0.2) is 0 Å². The summed E-state index contributed by atoms with van der Waals surface area (Å²) >= 11 is 1.92. The lowest BCUT2D eigenvalue weighted by atomic mass is 10.0. The van der Waals surface area contributed by atoms with Crippen molar-refractivity contribution in [2.45, 2.75) is 44.3 Å². The third kappa shape index (κ3) is 3.65. The molecule has 0 spiro atoms. The largest absolute Gasteiger partial charge is 0.481 e. The first-order valence-electron chi connectivity index (χ1n) is 7.04. The summed E-state index contributed by atoms with van der Waals surface area (Å²) < 4.78 is 0.244. The summed E-state index contributed by atoms with van der Waals surface area (Å²) in [6, 6.07) is 0. The Hall–Kier alpha value is -0.710. The predicted octanol–water partition coefficient (Wildman–Crippen LogP) is 2.23. The summed E-state index contributed by atoms with van der Waals surface area (Å²) in [6.45, 7) is 6.07. The van der Waals surface area contributed by atoms with E-state index in [2.05, 4.69) is 13.8 Å². The van der Waals surface area contributed by atoms with Crippen LogP contribution in [0.3, 0.4) is 0 Å². The van der Waals surface area contributed by atoms with Gasteiger partial charge in [-0.3, -0.25) is 9.59 Å². The third-order valence-electron chi connectivity index (χ3n) is 4.28. The van der Waals surface area contributed by atoms with Crippen molar-refractivity contribution in [1.29, 1.82) is 0 Å². The molecule has 1 saturated carbocycles. The zero-order valence-electron chi connectivity index (χ0n) is 11.7. The molecule has 2 fully saturated rings. The second-order valence-corrected chi connectivity index (χ2v) is 8.03. The van der Waals surface area contributed by atoms with Crippen LogP contribution in [0.4, 0.5) is 0 Å². The maximum Gasteiger partial charge on any atom is 0.306 e. The van der Waals surface area contributed by atoms with Gasteiger partial charge in [0.25, 0.3) is 0 Å². The van der Waals surface area contributed by atoms with Crippen molar-refractivity contribution in [3.8, 4) is 0 Å². The summed E-state index contributed by atoms with van der Waals surface area (Å²) in [7, 11) is 0. The molecule has 1 amide bonds. The Kier molecular flexibility index (Phi) is 4.43. The van der Waals surface area contributed by atoms with Gasteiger partial charge in [0.2, 0.25) is 5.91 Å². The van der Waals surface area contributed by atoms with Gasteiger partial charge in [0.1, 0.15) is 0 Å². The summed E-state index contributed by atoms with van der Waals surface area (Å²) in [5.74, 6) is 0.0392.